The monoisotopic (exact) mass is 567 g/mol. The number of hydrogen-bond acceptors (Lipinski definition) is 5. The van der Waals surface area contributed by atoms with E-state index >= 15 is 0 Å². The molecule has 1 atom stereocenters. The fourth-order valence-corrected chi connectivity index (χ4v) is 3.99. The van der Waals surface area contributed by atoms with Gasteiger partial charge in [0, 0.05) is 32.1 Å². The number of rotatable bonds is 8. The highest BCUT2D eigenvalue weighted by atomic mass is 127. The molecule has 1 unspecified atom stereocenters. The Morgan fingerprint density at radius 2 is 1.91 bits per heavy atom. The van der Waals surface area contributed by atoms with Crippen LogP contribution in [0.5, 0.6) is 0 Å². The fraction of sp³-hybridized carbons (Fsp3) is 0.417. The molecule has 33 heavy (non-hydrogen) atoms. The standard InChI is InChI=1S/C24H30FN5O2.HI/c1-26-24(28-16-21(22-6-5-15-31-22)30-13-3-2-4-14-30)27-12-11-20-17-32-23(29-20)18-7-9-19(25)10-8-18;/h5-10,15,17,21H,2-4,11-14,16H2,1H3,(H2,26,27,28);1H. The molecule has 1 aromatic carbocycles. The highest BCUT2D eigenvalue weighted by molar-refractivity contribution is 14.0. The van der Waals surface area contributed by atoms with E-state index in [0.29, 0.717) is 25.4 Å². The summed E-state index contributed by atoms with van der Waals surface area (Å²) in [7, 11) is 1.76. The van der Waals surface area contributed by atoms with E-state index in [1.807, 2.05) is 12.1 Å². The van der Waals surface area contributed by atoms with Gasteiger partial charge in [0.25, 0.3) is 0 Å². The molecular weight excluding hydrogens is 536 g/mol. The number of guanidine groups is 1. The maximum absolute atomic E-state index is 13.1. The number of aromatic nitrogens is 1. The van der Waals surface area contributed by atoms with Crippen LogP contribution in [0.3, 0.4) is 0 Å². The summed E-state index contributed by atoms with van der Waals surface area (Å²) >= 11 is 0. The first-order valence-electron chi connectivity index (χ1n) is 11.2. The van der Waals surface area contributed by atoms with Gasteiger partial charge in [-0.2, -0.15) is 0 Å². The Balaban J connectivity index is 0.00000306. The van der Waals surface area contributed by atoms with Crippen molar-refractivity contribution in [3.05, 3.63) is 66.2 Å². The first kappa shape index (κ1) is 25.2. The summed E-state index contributed by atoms with van der Waals surface area (Å²) in [6, 6.07) is 10.3. The second kappa shape index (κ2) is 12.7. The average molecular weight is 567 g/mol. The number of furan rings is 1. The van der Waals surface area contributed by atoms with E-state index in [0.717, 1.165) is 36.1 Å². The Hall–Kier alpha value is -2.40. The van der Waals surface area contributed by atoms with Crippen molar-refractivity contribution in [2.75, 3.05) is 33.2 Å². The molecule has 1 fully saturated rings. The van der Waals surface area contributed by atoms with Crippen LogP contribution in [0.4, 0.5) is 4.39 Å². The smallest absolute Gasteiger partial charge is 0.226 e. The van der Waals surface area contributed by atoms with Crippen LogP contribution in [0.15, 0.2) is 62.8 Å². The van der Waals surface area contributed by atoms with Gasteiger partial charge in [-0.05, 0) is 62.3 Å². The van der Waals surface area contributed by atoms with Crippen LogP contribution in [0.25, 0.3) is 11.5 Å². The molecule has 178 valence electrons. The second-order valence-electron chi connectivity index (χ2n) is 7.91. The Kier molecular flexibility index (Phi) is 9.74. The third-order valence-electron chi connectivity index (χ3n) is 5.71. The molecule has 3 aromatic rings. The maximum atomic E-state index is 13.1. The Morgan fingerprint density at radius 3 is 2.61 bits per heavy atom. The number of hydrogen-bond donors (Lipinski definition) is 2. The van der Waals surface area contributed by atoms with E-state index in [4.69, 9.17) is 8.83 Å². The van der Waals surface area contributed by atoms with Crippen LogP contribution in [0.1, 0.15) is 36.8 Å². The van der Waals surface area contributed by atoms with Crippen LogP contribution < -0.4 is 10.6 Å². The highest BCUT2D eigenvalue weighted by Gasteiger charge is 2.24. The van der Waals surface area contributed by atoms with Crippen LogP contribution in [-0.4, -0.2) is 49.1 Å². The van der Waals surface area contributed by atoms with E-state index in [9.17, 15) is 4.39 Å². The van der Waals surface area contributed by atoms with Crippen molar-refractivity contribution in [2.45, 2.75) is 31.7 Å². The fourth-order valence-electron chi connectivity index (χ4n) is 3.99. The van der Waals surface area contributed by atoms with Crippen LogP contribution in [-0.2, 0) is 6.42 Å². The molecule has 1 aliphatic heterocycles. The normalized spacial score (nSPS) is 15.6. The zero-order chi connectivity index (χ0) is 22.2. The van der Waals surface area contributed by atoms with Gasteiger partial charge in [0.15, 0.2) is 5.96 Å². The second-order valence-corrected chi connectivity index (χ2v) is 7.91. The first-order chi connectivity index (χ1) is 15.7. The average Bonchev–Trinajstić information content (AvgIpc) is 3.52. The summed E-state index contributed by atoms with van der Waals surface area (Å²) in [6.07, 6.45) is 7.79. The summed E-state index contributed by atoms with van der Waals surface area (Å²) in [5.74, 6) is 1.93. The molecule has 3 heterocycles. The predicted octanol–water partition coefficient (Wildman–Crippen LogP) is 4.63. The number of aliphatic imine (C=N–C) groups is 1. The van der Waals surface area contributed by atoms with Gasteiger partial charge < -0.3 is 19.5 Å². The van der Waals surface area contributed by atoms with Crippen LogP contribution in [0, 0.1) is 5.82 Å². The Labute approximate surface area is 210 Å². The first-order valence-corrected chi connectivity index (χ1v) is 11.2. The van der Waals surface area contributed by atoms with Gasteiger partial charge in [0.1, 0.15) is 17.8 Å². The number of likely N-dealkylation sites (tertiary alicyclic amines) is 1. The molecule has 0 spiro atoms. The molecule has 1 saturated heterocycles. The zero-order valence-electron chi connectivity index (χ0n) is 18.8. The van der Waals surface area contributed by atoms with Crippen molar-refractivity contribution < 1.29 is 13.2 Å². The lowest BCUT2D eigenvalue weighted by Crippen LogP contribution is -2.44. The summed E-state index contributed by atoms with van der Waals surface area (Å²) in [6.45, 7) is 3.54. The number of benzene rings is 1. The lowest BCUT2D eigenvalue weighted by molar-refractivity contribution is 0.146. The van der Waals surface area contributed by atoms with E-state index in [1.165, 1.54) is 31.4 Å². The molecule has 4 rings (SSSR count). The summed E-state index contributed by atoms with van der Waals surface area (Å²) in [5, 5.41) is 6.77. The molecule has 7 nitrogen and oxygen atoms in total. The zero-order valence-corrected chi connectivity index (χ0v) is 21.1. The van der Waals surface area contributed by atoms with Crippen molar-refractivity contribution in [3.8, 4) is 11.5 Å². The SMILES string of the molecule is CN=C(NCCc1coc(-c2ccc(F)cc2)n1)NCC(c1ccco1)N1CCCCC1.I. The van der Waals surface area contributed by atoms with E-state index in [-0.39, 0.29) is 35.8 Å². The van der Waals surface area contributed by atoms with Gasteiger partial charge in [0.05, 0.1) is 18.0 Å². The van der Waals surface area contributed by atoms with Crippen LogP contribution >= 0.6 is 24.0 Å². The Morgan fingerprint density at radius 1 is 1.12 bits per heavy atom. The van der Waals surface area contributed by atoms with E-state index in [2.05, 4.69) is 25.5 Å². The summed E-state index contributed by atoms with van der Waals surface area (Å²) < 4.78 is 24.4. The van der Waals surface area contributed by atoms with Crippen molar-refractivity contribution in [2.24, 2.45) is 4.99 Å². The van der Waals surface area contributed by atoms with Gasteiger partial charge in [-0.3, -0.25) is 9.89 Å². The molecule has 0 aliphatic carbocycles. The molecule has 0 amide bonds. The third kappa shape index (κ3) is 7.04. The van der Waals surface area contributed by atoms with Crippen molar-refractivity contribution in [1.29, 1.82) is 0 Å². The number of oxazole rings is 1. The number of piperidine rings is 1. The highest BCUT2D eigenvalue weighted by Crippen LogP contribution is 2.24. The minimum atomic E-state index is -0.279. The maximum Gasteiger partial charge on any atom is 0.226 e. The molecular formula is C24H31FIN5O2. The summed E-state index contributed by atoms with van der Waals surface area (Å²) in [4.78, 5) is 11.3. The largest absolute Gasteiger partial charge is 0.468 e. The Bertz CT molecular complexity index is 985. The van der Waals surface area contributed by atoms with Crippen LogP contribution in [0.2, 0.25) is 0 Å². The minimum absolute atomic E-state index is 0. The molecule has 2 N–H and O–H groups in total. The predicted molar refractivity (Wildman–Crippen MR) is 137 cm³/mol. The topological polar surface area (TPSA) is 78.8 Å². The van der Waals surface area contributed by atoms with Gasteiger partial charge in [-0.1, -0.05) is 6.42 Å². The molecule has 9 heteroatoms. The molecule has 1 aliphatic rings. The van der Waals surface area contributed by atoms with E-state index in [1.54, 1.807) is 31.7 Å². The molecule has 0 radical (unpaired) electrons. The van der Waals surface area contributed by atoms with Gasteiger partial charge >= 0.3 is 0 Å². The van der Waals surface area contributed by atoms with Gasteiger partial charge in [-0.25, -0.2) is 9.37 Å². The molecule has 0 saturated carbocycles. The lowest BCUT2D eigenvalue weighted by atomic mass is 10.1. The number of nitrogens with one attached hydrogen (secondary N) is 2. The molecule has 0 bridgehead atoms. The lowest BCUT2D eigenvalue weighted by Gasteiger charge is -2.33. The minimum Gasteiger partial charge on any atom is -0.468 e. The van der Waals surface area contributed by atoms with Gasteiger partial charge in [-0.15, -0.1) is 24.0 Å². The summed E-state index contributed by atoms with van der Waals surface area (Å²) in [5.41, 5.74) is 1.58. The number of nitrogens with zero attached hydrogens (tertiary/aromatic N) is 3. The van der Waals surface area contributed by atoms with Crippen molar-refractivity contribution in [3.63, 3.8) is 0 Å². The third-order valence-corrected chi connectivity index (χ3v) is 5.71. The molecule has 2 aromatic heterocycles. The van der Waals surface area contributed by atoms with E-state index < -0.39 is 0 Å². The van der Waals surface area contributed by atoms with Crippen molar-refractivity contribution in [1.82, 2.24) is 20.5 Å². The quantitative estimate of drug-likeness (QED) is 0.235. The number of halogens is 2. The van der Waals surface area contributed by atoms with Gasteiger partial charge in [0.2, 0.25) is 5.89 Å². The van der Waals surface area contributed by atoms with Crippen molar-refractivity contribution >= 4 is 29.9 Å².